The van der Waals surface area contributed by atoms with E-state index < -0.39 is 24.0 Å². The van der Waals surface area contributed by atoms with Crippen LogP contribution in [0.25, 0.3) is 0 Å². The molecule has 0 bridgehead atoms. The Bertz CT molecular complexity index is 179. The third-order valence-electron chi connectivity index (χ3n) is 1.50. The number of hydrogen-bond donors (Lipinski definition) is 3. The number of epoxide rings is 1. The standard InChI is InChI=1S/C5H8O5/c1-3(7)5(9)4(8,2-6)10-5/h6,8-9H,2H2,1H3. The minimum absolute atomic E-state index is 0.718. The van der Waals surface area contributed by atoms with Gasteiger partial charge >= 0.3 is 0 Å². The number of aliphatic hydroxyl groups is 3. The van der Waals surface area contributed by atoms with Gasteiger partial charge in [0.2, 0.25) is 0 Å². The zero-order valence-electron chi connectivity index (χ0n) is 5.37. The minimum atomic E-state index is -2.18. The van der Waals surface area contributed by atoms with Crippen LogP contribution in [0.2, 0.25) is 0 Å². The van der Waals surface area contributed by atoms with Gasteiger partial charge in [0.1, 0.15) is 6.61 Å². The molecule has 1 saturated heterocycles. The van der Waals surface area contributed by atoms with E-state index in [1.165, 1.54) is 0 Å². The molecule has 3 N–H and O–H groups in total. The van der Waals surface area contributed by atoms with Crippen LogP contribution >= 0.6 is 0 Å². The molecule has 1 fully saturated rings. The number of Topliss-reactive ketones (excluding diaryl/α,β-unsaturated/α-hetero) is 1. The van der Waals surface area contributed by atoms with Gasteiger partial charge in [-0.2, -0.15) is 0 Å². The normalized spacial score (nSPS) is 45.2. The van der Waals surface area contributed by atoms with Crippen LogP contribution in [0.15, 0.2) is 0 Å². The Kier molecular flexibility index (Phi) is 1.34. The molecule has 5 nitrogen and oxygen atoms in total. The zero-order chi connectivity index (χ0) is 7.99. The molecule has 0 spiro atoms. The second kappa shape index (κ2) is 1.76. The molecule has 0 aromatic heterocycles. The summed E-state index contributed by atoms with van der Waals surface area (Å²) in [7, 11) is 0. The van der Waals surface area contributed by atoms with E-state index in [0.717, 1.165) is 6.92 Å². The molecule has 10 heavy (non-hydrogen) atoms. The van der Waals surface area contributed by atoms with Gasteiger partial charge in [0.05, 0.1) is 0 Å². The van der Waals surface area contributed by atoms with Crippen molar-refractivity contribution in [2.45, 2.75) is 18.5 Å². The first-order valence-corrected chi connectivity index (χ1v) is 2.73. The van der Waals surface area contributed by atoms with Gasteiger partial charge in [-0.25, -0.2) is 0 Å². The maximum absolute atomic E-state index is 10.5. The summed E-state index contributed by atoms with van der Waals surface area (Å²) < 4.78 is 4.21. The number of carbonyl (C=O) groups excluding carboxylic acids is 1. The van der Waals surface area contributed by atoms with E-state index in [0.29, 0.717) is 0 Å². The van der Waals surface area contributed by atoms with Crippen molar-refractivity contribution >= 4 is 5.78 Å². The Morgan fingerprint density at radius 3 is 2.20 bits per heavy atom. The van der Waals surface area contributed by atoms with Crippen molar-refractivity contribution in [2.75, 3.05) is 6.61 Å². The molecule has 0 amide bonds. The van der Waals surface area contributed by atoms with Crippen molar-refractivity contribution in [3.63, 3.8) is 0 Å². The van der Waals surface area contributed by atoms with Gasteiger partial charge in [-0.15, -0.1) is 0 Å². The van der Waals surface area contributed by atoms with Crippen molar-refractivity contribution in [1.82, 2.24) is 0 Å². The zero-order valence-corrected chi connectivity index (χ0v) is 5.37. The lowest BCUT2D eigenvalue weighted by Gasteiger charge is -2.01. The van der Waals surface area contributed by atoms with Crippen LogP contribution in [0.1, 0.15) is 6.92 Å². The van der Waals surface area contributed by atoms with E-state index in [-0.39, 0.29) is 0 Å². The van der Waals surface area contributed by atoms with E-state index >= 15 is 0 Å². The third-order valence-corrected chi connectivity index (χ3v) is 1.50. The maximum atomic E-state index is 10.5. The first-order chi connectivity index (χ1) is 4.46. The lowest BCUT2D eigenvalue weighted by molar-refractivity contribution is -0.135. The molecule has 58 valence electrons. The molecular weight excluding hydrogens is 140 g/mol. The highest BCUT2D eigenvalue weighted by atomic mass is 16.8. The summed E-state index contributed by atoms with van der Waals surface area (Å²) in [6.07, 6.45) is 0. The first kappa shape index (κ1) is 7.62. The molecule has 0 aromatic rings. The van der Waals surface area contributed by atoms with Gasteiger partial charge in [0.25, 0.3) is 11.6 Å². The van der Waals surface area contributed by atoms with E-state index in [1.807, 2.05) is 0 Å². The molecule has 2 unspecified atom stereocenters. The van der Waals surface area contributed by atoms with Crippen LogP contribution < -0.4 is 0 Å². The minimum Gasteiger partial charge on any atom is -0.391 e. The van der Waals surface area contributed by atoms with Crippen LogP contribution in [0, 0.1) is 0 Å². The van der Waals surface area contributed by atoms with Crippen LogP contribution in [0.5, 0.6) is 0 Å². The number of ether oxygens (including phenoxy) is 1. The van der Waals surface area contributed by atoms with Crippen LogP contribution in [0.3, 0.4) is 0 Å². The fourth-order valence-corrected chi connectivity index (χ4v) is 0.705. The Morgan fingerprint density at radius 2 is 2.10 bits per heavy atom. The summed E-state index contributed by atoms with van der Waals surface area (Å²) in [6.45, 7) is 0.275. The first-order valence-electron chi connectivity index (χ1n) is 2.73. The summed E-state index contributed by atoms with van der Waals surface area (Å²) >= 11 is 0. The van der Waals surface area contributed by atoms with Gasteiger partial charge in [-0.1, -0.05) is 0 Å². The quantitative estimate of drug-likeness (QED) is 0.393. The summed E-state index contributed by atoms with van der Waals surface area (Å²) in [5, 5.41) is 26.2. The van der Waals surface area contributed by atoms with Gasteiger partial charge in [0, 0.05) is 6.92 Å². The van der Waals surface area contributed by atoms with E-state index in [9.17, 15) is 4.79 Å². The number of hydrogen-bond acceptors (Lipinski definition) is 5. The van der Waals surface area contributed by atoms with Gasteiger partial charge in [0.15, 0.2) is 5.78 Å². The summed E-state index contributed by atoms with van der Waals surface area (Å²) in [4.78, 5) is 10.5. The lowest BCUT2D eigenvalue weighted by Crippen LogP contribution is -2.34. The molecule has 5 heteroatoms. The van der Waals surface area contributed by atoms with E-state index in [2.05, 4.69) is 4.74 Å². The molecule has 0 aromatic carbocycles. The number of carbonyl (C=O) groups is 1. The Hall–Kier alpha value is -0.490. The fraction of sp³-hybridized carbons (Fsp3) is 0.800. The smallest absolute Gasteiger partial charge is 0.287 e. The molecule has 1 rings (SSSR count). The Balaban J connectivity index is 2.72. The maximum Gasteiger partial charge on any atom is 0.287 e. The number of aliphatic hydroxyl groups excluding tert-OH is 1. The van der Waals surface area contributed by atoms with Crippen LogP contribution in [-0.4, -0.2) is 39.3 Å². The number of rotatable bonds is 2. The lowest BCUT2D eigenvalue weighted by atomic mass is 10.1. The molecular formula is C5H8O5. The monoisotopic (exact) mass is 148 g/mol. The SMILES string of the molecule is CC(=O)C1(O)OC1(O)CO. The van der Waals surface area contributed by atoms with Crippen molar-refractivity contribution < 1.29 is 24.9 Å². The van der Waals surface area contributed by atoms with E-state index in [4.69, 9.17) is 15.3 Å². The van der Waals surface area contributed by atoms with Crippen molar-refractivity contribution in [3.8, 4) is 0 Å². The molecule has 0 radical (unpaired) electrons. The molecule has 2 atom stereocenters. The molecule has 0 aliphatic carbocycles. The summed E-state index contributed by atoms with van der Waals surface area (Å²) in [5.41, 5.74) is 0. The van der Waals surface area contributed by atoms with Crippen LogP contribution in [0.4, 0.5) is 0 Å². The highest BCUT2D eigenvalue weighted by molar-refractivity contribution is 5.87. The molecule has 1 aliphatic rings. The molecule has 0 saturated carbocycles. The summed E-state index contributed by atoms with van der Waals surface area (Å²) in [5.74, 6) is -4.97. The van der Waals surface area contributed by atoms with Crippen molar-refractivity contribution in [2.24, 2.45) is 0 Å². The van der Waals surface area contributed by atoms with Crippen molar-refractivity contribution in [3.05, 3.63) is 0 Å². The second-order valence-electron chi connectivity index (χ2n) is 2.24. The second-order valence-corrected chi connectivity index (χ2v) is 2.24. The van der Waals surface area contributed by atoms with Crippen molar-refractivity contribution in [1.29, 1.82) is 0 Å². The molecule has 1 heterocycles. The van der Waals surface area contributed by atoms with Gasteiger partial charge in [-0.3, -0.25) is 9.53 Å². The largest absolute Gasteiger partial charge is 0.391 e. The Labute approximate surface area is 56.9 Å². The predicted molar refractivity (Wildman–Crippen MR) is 28.8 cm³/mol. The van der Waals surface area contributed by atoms with Gasteiger partial charge in [-0.05, 0) is 0 Å². The highest BCUT2D eigenvalue weighted by Gasteiger charge is 2.73. The van der Waals surface area contributed by atoms with E-state index in [1.54, 1.807) is 0 Å². The fourth-order valence-electron chi connectivity index (χ4n) is 0.705. The molecule has 1 aliphatic heterocycles. The Morgan fingerprint density at radius 1 is 1.60 bits per heavy atom. The average Bonchev–Trinajstić information content (AvgIpc) is 2.39. The third kappa shape index (κ3) is 0.688. The average molecular weight is 148 g/mol. The highest BCUT2D eigenvalue weighted by Crippen LogP contribution is 2.43. The van der Waals surface area contributed by atoms with Crippen LogP contribution in [-0.2, 0) is 9.53 Å². The topological polar surface area (TPSA) is 90.3 Å². The predicted octanol–water partition coefficient (Wildman–Crippen LogP) is -2.02. The van der Waals surface area contributed by atoms with Gasteiger partial charge < -0.3 is 15.3 Å². The summed E-state index contributed by atoms with van der Waals surface area (Å²) in [6, 6.07) is 0. The number of ketones is 1.